The lowest BCUT2D eigenvalue weighted by atomic mass is 10.3. The number of benzene rings is 1. The summed E-state index contributed by atoms with van der Waals surface area (Å²) in [6.07, 6.45) is 0. The number of fused-ring (bicyclic) bond motifs is 1. The van der Waals surface area contributed by atoms with E-state index in [2.05, 4.69) is 10.1 Å². The predicted molar refractivity (Wildman–Crippen MR) is 94.2 cm³/mol. The Morgan fingerprint density at radius 1 is 1.42 bits per heavy atom. The summed E-state index contributed by atoms with van der Waals surface area (Å²) in [5.74, 6) is -0.0452. The highest BCUT2D eigenvalue weighted by atomic mass is 32.2. The van der Waals surface area contributed by atoms with Gasteiger partial charge in [-0.15, -0.1) is 0 Å². The lowest BCUT2D eigenvalue weighted by molar-refractivity contribution is 0.0988. The number of methoxy groups -OCH3 is 1. The fourth-order valence-corrected chi connectivity index (χ4v) is 4.03. The molecule has 11 heteroatoms. The number of hydrogen-bond acceptors (Lipinski definition) is 7. The van der Waals surface area contributed by atoms with Gasteiger partial charge in [-0.05, 0) is 25.1 Å². The molecule has 2 aromatic heterocycles. The molecular formula is C15H16N4O5S2. The smallest absolute Gasteiger partial charge is 0.301 e. The van der Waals surface area contributed by atoms with Crippen LogP contribution in [-0.4, -0.2) is 37.8 Å². The molecule has 0 aliphatic heterocycles. The van der Waals surface area contributed by atoms with Crippen LogP contribution in [0.4, 0.5) is 0 Å². The summed E-state index contributed by atoms with van der Waals surface area (Å²) >= 11 is 1.18. The summed E-state index contributed by atoms with van der Waals surface area (Å²) < 4.78 is 35.5. The van der Waals surface area contributed by atoms with Crippen molar-refractivity contribution < 1.29 is 22.5 Å². The van der Waals surface area contributed by atoms with Gasteiger partial charge in [-0.1, -0.05) is 16.5 Å². The van der Waals surface area contributed by atoms with Crippen molar-refractivity contribution >= 4 is 37.5 Å². The Hall–Kier alpha value is -2.34. The maximum atomic E-state index is 12.3. The van der Waals surface area contributed by atoms with Crippen LogP contribution in [0.1, 0.15) is 16.2 Å². The highest BCUT2D eigenvalue weighted by Gasteiger charge is 2.15. The summed E-state index contributed by atoms with van der Waals surface area (Å²) in [5, 5.41) is 8.85. The number of carbonyl (C=O) groups excluding carboxylic acids is 1. The van der Waals surface area contributed by atoms with Crippen LogP contribution >= 0.6 is 11.3 Å². The average Bonchev–Trinajstić information content (AvgIpc) is 3.15. The number of thiazole rings is 1. The number of nitrogens with two attached hydrogens (primary N) is 1. The van der Waals surface area contributed by atoms with Crippen molar-refractivity contribution in [3.8, 4) is 0 Å². The number of hydrogen-bond donors (Lipinski definition) is 1. The minimum atomic E-state index is -3.83. The zero-order chi connectivity index (χ0) is 18.9. The molecule has 0 saturated heterocycles. The molecule has 0 saturated carbocycles. The largest absolute Gasteiger partial charge is 0.383 e. The molecule has 9 nitrogen and oxygen atoms in total. The number of amides is 1. The first-order chi connectivity index (χ1) is 12.3. The Morgan fingerprint density at radius 3 is 2.81 bits per heavy atom. The molecule has 1 aromatic carbocycles. The van der Waals surface area contributed by atoms with Crippen LogP contribution in [0.2, 0.25) is 0 Å². The van der Waals surface area contributed by atoms with Crippen LogP contribution in [0.25, 0.3) is 10.2 Å². The molecule has 2 heterocycles. The van der Waals surface area contributed by atoms with E-state index in [1.54, 1.807) is 24.7 Å². The van der Waals surface area contributed by atoms with E-state index >= 15 is 0 Å². The monoisotopic (exact) mass is 396 g/mol. The van der Waals surface area contributed by atoms with Crippen LogP contribution in [0.3, 0.4) is 0 Å². The van der Waals surface area contributed by atoms with Gasteiger partial charge in [0.05, 0.1) is 21.7 Å². The van der Waals surface area contributed by atoms with Gasteiger partial charge in [0, 0.05) is 19.7 Å². The van der Waals surface area contributed by atoms with Gasteiger partial charge in [0.25, 0.3) is 0 Å². The van der Waals surface area contributed by atoms with Gasteiger partial charge in [-0.2, -0.15) is 4.99 Å². The van der Waals surface area contributed by atoms with Crippen LogP contribution in [0.5, 0.6) is 0 Å². The quantitative estimate of drug-likeness (QED) is 0.686. The second-order valence-electron chi connectivity index (χ2n) is 5.44. The number of primary sulfonamides is 1. The van der Waals surface area contributed by atoms with Crippen LogP contribution < -0.4 is 9.94 Å². The molecule has 0 aliphatic carbocycles. The molecule has 0 unspecified atom stereocenters. The summed E-state index contributed by atoms with van der Waals surface area (Å²) in [6, 6.07) is 6.01. The predicted octanol–water partition coefficient (Wildman–Crippen LogP) is 1.03. The third-order valence-corrected chi connectivity index (χ3v) is 5.50. The molecule has 0 fully saturated rings. The Bertz CT molecular complexity index is 1140. The maximum absolute atomic E-state index is 12.3. The van der Waals surface area contributed by atoms with Crippen molar-refractivity contribution in [2.24, 2.45) is 10.1 Å². The minimum absolute atomic E-state index is 0.00450. The van der Waals surface area contributed by atoms with Crippen LogP contribution in [0.15, 0.2) is 38.7 Å². The molecular weight excluding hydrogens is 380 g/mol. The third-order valence-electron chi connectivity index (χ3n) is 3.55. The number of rotatable bonds is 5. The zero-order valence-corrected chi connectivity index (χ0v) is 15.6. The summed E-state index contributed by atoms with van der Waals surface area (Å²) in [6.45, 7) is 2.51. The van der Waals surface area contributed by atoms with Crippen LogP contribution in [-0.2, 0) is 21.3 Å². The van der Waals surface area contributed by atoms with E-state index in [-0.39, 0.29) is 10.6 Å². The van der Waals surface area contributed by atoms with E-state index < -0.39 is 15.9 Å². The third kappa shape index (κ3) is 3.75. The van der Waals surface area contributed by atoms with Gasteiger partial charge in [-0.3, -0.25) is 4.79 Å². The number of sulfonamides is 1. The Kier molecular flexibility index (Phi) is 5.05. The fourth-order valence-electron chi connectivity index (χ4n) is 2.33. The normalized spacial score (nSPS) is 12.8. The van der Waals surface area contributed by atoms with Crippen molar-refractivity contribution in [1.82, 2.24) is 9.72 Å². The lowest BCUT2D eigenvalue weighted by Crippen LogP contribution is -2.19. The Labute approximate surface area is 152 Å². The molecule has 3 aromatic rings. The minimum Gasteiger partial charge on any atom is -0.383 e. The molecule has 1 amide bonds. The average molecular weight is 396 g/mol. The van der Waals surface area contributed by atoms with E-state index in [9.17, 15) is 13.2 Å². The number of aryl methyl sites for hydroxylation is 1. The van der Waals surface area contributed by atoms with Gasteiger partial charge >= 0.3 is 5.91 Å². The van der Waals surface area contributed by atoms with Crippen molar-refractivity contribution in [3.63, 3.8) is 0 Å². The Morgan fingerprint density at radius 2 is 2.19 bits per heavy atom. The number of aromatic nitrogens is 2. The Balaban J connectivity index is 2.16. The standard InChI is InChI=1S/C15H16N4O5S2/c1-9-7-11(18-24-9)14(20)17-15-19(5-6-23-2)12-4-3-10(26(16,21)22)8-13(12)25-15/h3-4,7-8H,5-6H2,1-2H3,(H2,16,21,22). The van der Waals surface area contributed by atoms with E-state index in [1.165, 1.54) is 29.5 Å². The number of ether oxygens (including phenoxy) is 1. The van der Waals surface area contributed by atoms with Crippen molar-refractivity contribution in [1.29, 1.82) is 0 Å². The zero-order valence-electron chi connectivity index (χ0n) is 14.0. The first-order valence-electron chi connectivity index (χ1n) is 7.47. The summed E-state index contributed by atoms with van der Waals surface area (Å²) in [4.78, 5) is 16.8. The lowest BCUT2D eigenvalue weighted by Gasteiger charge is -2.04. The van der Waals surface area contributed by atoms with Crippen molar-refractivity contribution in [3.05, 3.63) is 40.5 Å². The van der Waals surface area contributed by atoms with Crippen molar-refractivity contribution in [2.45, 2.75) is 18.4 Å². The summed E-state index contributed by atoms with van der Waals surface area (Å²) in [5.41, 5.74) is 0.825. The summed E-state index contributed by atoms with van der Waals surface area (Å²) in [7, 11) is -2.26. The van der Waals surface area contributed by atoms with Gasteiger partial charge < -0.3 is 13.8 Å². The first-order valence-corrected chi connectivity index (χ1v) is 9.83. The van der Waals surface area contributed by atoms with Crippen LogP contribution in [0, 0.1) is 6.92 Å². The molecule has 138 valence electrons. The first kappa shape index (κ1) is 18.5. The van der Waals surface area contributed by atoms with E-state index in [1.807, 2.05) is 0 Å². The van der Waals surface area contributed by atoms with Gasteiger partial charge in [0.2, 0.25) is 10.0 Å². The fraction of sp³-hybridized carbons (Fsp3) is 0.267. The number of nitrogens with zero attached hydrogens (tertiary/aromatic N) is 3. The highest BCUT2D eigenvalue weighted by Crippen LogP contribution is 2.21. The molecule has 0 bridgehead atoms. The molecule has 3 rings (SSSR count). The van der Waals surface area contributed by atoms with E-state index in [4.69, 9.17) is 14.4 Å². The molecule has 26 heavy (non-hydrogen) atoms. The molecule has 0 aliphatic rings. The topological polar surface area (TPSA) is 130 Å². The van der Waals surface area contributed by atoms with E-state index in [0.29, 0.717) is 28.4 Å². The second-order valence-corrected chi connectivity index (χ2v) is 8.01. The van der Waals surface area contributed by atoms with Gasteiger partial charge in [-0.25, -0.2) is 13.6 Å². The number of carbonyl (C=O) groups is 1. The SMILES string of the molecule is COCCn1c(=NC(=O)c2cc(C)on2)sc2cc(S(N)(=O)=O)ccc21. The maximum Gasteiger partial charge on any atom is 0.301 e. The second kappa shape index (κ2) is 7.11. The van der Waals surface area contributed by atoms with Gasteiger partial charge in [0.15, 0.2) is 10.5 Å². The molecule has 0 spiro atoms. The molecule has 0 atom stereocenters. The molecule has 2 N–H and O–H groups in total. The van der Waals surface area contributed by atoms with Crippen molar-refractivity contribution in [2.75, 3.05) is 13.7 Å². The molecule has 0 radical (unpaired) electrons. The highest BCUT2D eigenvalue weighted by molar-refractivity contribution is 7.89. The van der Waals surface area contributed by atoms with Gasteiger partial charge in [0.1, 0.15) is 5.76 Å². The van der Waals surface area contributed by atoms with E-state index in [0.717, 1.165) is 5.52 Å².